The number of hydrogen-bond donors (Lipinski definition) is 1. The van der Waals surface area contributed by atoms with Crippen LogP contribution in [0, 0.1) is 5.92 Å². The zero-order valence-electron chi connectivity index (χ0n) is 12.9. The Balaban J connectivity index is 2.74. The lowest BCUT2D eigenvalue weighted by atomic mass is 9.83. The lowest BCUT2D eigenvalue weighted by molar-refractivity contribution is 0.0742. The number of nitrogens with one attached hydrogen (secondary N) is 1. The first-order valence-electron chi connectivity index (χ1n) is 7.37. The SMILES string of the molecule is C[C@@H](NC(=O)N=[N+]=[N-])[C@H](O[Si](C)(C)C)C1CCCCC1. The van der Waals surface area contributed by atoms with Gasteiger partial charge in [0.05, 0.1) is 12.1 Å². The van der Waals surface area contributed by atoms with E-state index in [0.29, 0.717) is 5.92 Å². The minimum atomic E-state index is -1.69. The summed E-state index contributed by atoms with van der Waals surface area (Å²) in [5.41, 5.74) is 8.30. The molecule has 1 aliphatic rings. The number of carbonyl (C=O) groups excluding carboxylic acids is 1. The molecular formula is C13H26N4O2Si. The highest BCUT2D eigenvalue weighted by Gasteiger charge is 2.33. The summed E-state index contributed by atoms with van der Waals surface area (Å²) in [5, 5.41) is 5.81. The molecule has 114 valence electrons. The van der Waals surface area contributed by atoms with Gasteiger partial charge < -0.3 is 9.74 Å². The first kappa shape index (κ1) is 17.0. The topological polar surface area (TPSA) is 87.1 Å². The Bertz CT molecular complexity index is 371. The summed E-state index contributed by atoms with van der Waals surface area (Å²) in [6, 6.07) is -0.761. The molecule has 1 fully saturated rings. The Morgan fingerprint density at radius 2 is 1.95 bits per heavy atom. The van der Waals surface area contributed by atoms with Crippen molar-refractivity contribution in [2.75, 3.05) is 0 Å². The lowest BCUT2D eigenvalue weighted by Gasteiger charge is -2.38. The van der Waals surface area contributed by atoms with E-state index in [2.05, 4.69) is 35.0 Å². The van der Waals surface area contributed by atoms with E-state index in [9.17, 15) is 4.79 Å². The van der Waals surface area contributed by atoms with Crippen LogP contribution < -0.4 is 5.32 Å². The molecule has 0 aliphatic heterocycles. The van der Waals surface area contributed by atoms with Crippen LogP contribution in [0.1, 0.15) is 39.0 Å². The summed E-state index contributed by atoms with van der Waals surface area (Å²) in [5.74, 6) is 0.483. The summed E-state index contributed by atoms with van der Waals surface area (Å²) in [4.78, 5) is 13.9. The van der Waals surface area contributed by atoms with Crippen molar-refractivity contribution in [3.05, 3.63) is 10.4 Å². The van der Waals surface area contributed by atoms with Crippen molar-refractivity contribution in [1.29, 1.82) is 0 Å². The van der Waals surface area contributed by atoms with Crippen molar-refractivity contribution >= 4 is 14.3 Å². The van der Waals surface area contributed by atoms with Crippen molar-refractivity contribution in [2.45, 2.75) is 70.8 Å². The maximum atomic E-state index is 11.4. The monoisotopic (exact) mass is 298 g/mol. The van der Waals surface area contributed by atoms with Crippen molar-refractivity contribution in [2.24, 2.45) is 11.0 Å². The fourth-order valence-corrected chi connectivity index (χ4v) is 4.04. The highest BCUT2D eigenvalue weighted by atomic mass is 28.4. The van der Waals surface area contributed by atoms with E-state index >= 15 is 0 Å². The standard InChI is InChI=1S/C13H26N4O2Si/c1-10(15-13(18)16-17-14)12(19-20(2,3)4)11-8-6-5-7-9-11/h10-12H,5-9H2,1-4H3,(H,15,18)/t10-,12+/m1/s1. The average molecular weight is 298 g/mol. The molecule has 1 N–H and O–H groups in total. The molecule has 1 rings (SSSR count). The predicted molar refractivity (Wildman–Crippen MR) is 81.9 cm³/mol. The van der Waals surface area contributed by atoms with Crippen LogP contribution in [-0.4, -0.2) is 26.5 Å². The van der Waals surface area contributed by atoms with Gasteiger partial charge >= 0.3 is 6.03 Å². The predicted octanol–water partition coefficient (Wildman–Crippen LogP) is 4.20. The molecule has 0 aromatic heterocycles. The molecule has 0 radical (unpaired) electrons. The summed E-state index contributed by atoms with van der Waals surface area (Å²) >= 11 is 0. The van der Waals surface area contributed by atoms with Crippen LogP contribution in [-0.2, 0) is 4.43 Å². The van der Waals surface area contributed by atoms with Gasteiger partial charge in [-0.05, 0) is 50.9 Å². The van der Waals surface area contributed by atoms with Crippen molar-refractivity contribution < 1.29 is 9.22 Å². The van der Waals surface area contributed by atoms with E-state index in [1.165, 1.54) is 19.3 Å². The van der Waals surface area contributed by atoms with Crippen LogP contribution in [0.3, 0.4) is 0 Å². The molecule has 1 aliphatic carbocycles. The Hall–Kier alpha value is -1.04. The largest absolute Gasteiger partial charge is 0.412 e. The molecule has 20 heavy (non-hydrogen) atoms. The smallest absolute Gasteiger partial charge is 0.308 e. The van der Waals surface area contributed by atoms with Gasteiger partial charge in [-0.15, -0.1) is 0 Å². The highest BCUT2D eigenvalue weighted by Crippen LogP contribution is 2.31. The molecule has 0 saturated heterocycles. The summed E-state index contributed by atoms with van der Waals surface area (Å²) < 4.78 is 6.31. The van der Waals surface area contributed by atoms with E-state index in [-0.39, 0.29) is 12.1 Å². The molecule has 0 unspecified atom stereocenters. The Morgan fingerprint density at radius 1 is 1.35 bits per heavy atom. The molecule has 0 aromatic carbocycles. The fourth-order valence-electron chi connectivity index (χ4n) is 2.82. The van der Waals surface area contributed by atoms with Crippen LogP contribution in [0.2, 0.25) is 19.6 Å². The van der Waals surface area contributed by atoms with Gasteiger partial charge in [0, 0.05) is 10.0 Å². The minimum Gasteiger partial charge on any atom is -0.412 e. The molecule has 2 amide bonds. The van der Waals surface area contributed by atoms with E-state index < -0.39 is 14.3 Å². The van der Waals surface area contributed by atoms with Crippen molar-refractivity contribution in [1.82, 2.24) is 5.32 Å². The second kappa shape index (κ2) is 7.66. The highest BCUT2D eigenvalue weighted by molar-refractivity contribution is 6.69. The molecule has 0 heterocycles. The quantitative estimate of drug-likeness (QED) is 0.357. The van der Waals surface area contributed by atoms with Gasteiger partial charge in [0.25, 0.3) is 0 Å². The van der Waals surface area contributed by atoms with Crippen molar-refractivity contribution in [3.63, 3.8) is 0 Å². The van der Waals surface area contributed by atoms with Crippen LogP contribution in [0.4, 0.5) is 4.79 Å². The number of urea groups is 1. The second-order valence-electron chi connectivity index (χ2n) is 6.52. The van der Waals surface area contributed by atoms with Crippen LogP contribution in [0.25, 0.3) is 10.4 Å². The normalized spacial score (nSPS) is 19.8. The Labute approximate surface area is 122 Å². The van der Waals surface area contributed by atoms with Gasteiger partial charge in [-0.1, -0.05) is 19.3 Å². The number of nitrogens with zero attached hydrogens (tertiary/aromatic N) is 3. The van der Waals surface area contributed by atoms with Crippen molar-refractivity contribution in [3.8, 4) is 0 Å². The minimum absolute atomic E-state index is 0.0137. The van der Waals surface area contributed by atoms with Gasteiger partial charge in [0.15, 0.2) is 8.32 Å². The Morgan fingerprint density at radius 3 is 2.45 bits per heavy atom. The average Bonchev–Trinajstić information content (AvgIpc) is 2.36. The first-order chi connectivity index (χ1) is 9.33. The molecule has 0 spiro atoms. The van der Waals surface area contributed by atoms with E-state index in [0.717, 1.165) is 12.8 Å². The number of amides is 2. The van der Waals surface area contributed by atoms with E-state index in [1.807, 2.05) is 6.92 Å². The molecule has 0 aromatic rings. The lowest BCUT2D eigenvalue weighted by Crippen LogP contribution is -2.49. The number of azide groups is 1. The van der Waals surface area contributed by atoms with Gasteiger partial charge in [-0.2, -0.15) is 0 Å². The first-order valence-corrected chi connectivity index (χ1v) is 10.8. The zero-order valence-corrected chi connectivity index (χ0v) is 13.9. The molecule has 6 nitrogen and oxygen atoms in total. The molecule has 1 saturated carbocycles. The van der Waals surface area contributed by atoms with Gasteiger partial charge in [-0.25, -0.2) is 0 Å². The molecule has 7 heteroatoms. The maximum Gasteiger partial charge on any atom is 0.308 e. The summed E-state index contributed by atoms with van der Waals surface area (Å²) in [6.45, 7) is 8.41. The molecular weight excluding hydrogens is 272 g/mol. The molecule has 0 bridgehead atoms. The summed E-state index contributed by atoms with van der Waals surface area (Å²) in [6.07, 6.45) is 6.06. The number of rotatable bonds is 5. The van der Waals surface area contributed by atoms with E-state index in [4.69, 9.17) is 9.96 Å². The fraction of sp³-hybridized carbons (Fsp3) is 0.923. The third kappa shape index (κ3) is 5.94. The van der Waals surface area contributed by atoms with Crippen LogP contribution in [0.5, 0.6) is 0 Å². The van der Waals surface area contributed by atoms with Gasteiger partial charge in [0.2, 0.25) is 0 Å². The number of hydrogen-bond acceptors (Lipinski definition) is 2. The maximum absolute atomic E-state index is 11.4. The zero-order chi connectivity index (χ0) is 15.2. The van der Waals surface area contributed by atoms with Gasteiger partial charge in [0.1, 0.15) is 0 Å². The Kier molecular flexibility index (Phi) is 6.52. The second-order valence-corrected chi connectivity index (χ2v) is 11.0. The summed E-state index contributed by atoms with van der Waals surface area (Å²) in [7, 11) is -1.69. The van der Waals surface area contributed by atoms with Crippen LogP contribution >= 0.6 is 0 Å². The molecule has 2 atom stereocenters. The van der Waals surface area contributed by atoms with Crippen LogP contribution in [0.15, 0.2) is 5.11 Å². The van der Waals surface area contributed by atoms with Gasteiger partial charge in [-0.3, -0.25) is 4.79 Å². The third-order valence-corrected chi connectivity index (χ3v) is 4.56. The third-order valence-electron chi connectivity index (χ3n) is 3.58. The van der Waals surface area contributed by atoms with E-state index in [1.54, 1.807) is 0 Å². The number of carbonyl (C=O) groups is 1.